The first-order valence-corrected chi connectivity index (χ1v) is 10.1. The van der Waals surface area contributed by atoms with Gasteiger partial charge in [-0.15, -0.1) is 0 Å². The van der Waals surface area contributed by atoms with Crippen LogP contribution in [0.3, 0.4) is 0 Å². The Hall–Kier alpha value is -0.780. The van der Waals surface area contributed by atoms with E-state index in [-0.39, 0.29) is 0 Å². The zero-order valence-electron chi connectivity index (χ0n) is 16.0. The summed E-state index contributed by atoms with van der Waals surface area (Å²) in [6.07, 6.45) is 22.2. The molecule has 0 nitrogen and oxygen atoms in total. The van der Waals surface area contributed by atoms with E-state index in [1.807, 2.05) is 0 Å². The molecular weight excluding hydrogens is 276 g/mol. The largest absolute Gasteiger partial charge is 0.0842 e. The second-order valence-electron chi connectivity index (χ2n) is 8.11. The van der Waals surface area contributed by atoms with Crippen molar-refractivity contribution < 1.29 is 0 Å². The van der Waals surface area contributed by atoms with E-state index in [4.69, 9.17) is 0 Å². The number of allylic oxidation sites excluding steroid dienone is 6. The zero-order valence-corrected chi connectivity index (χ0v) is 16.0. The molecule has 23 heavy (non-hydrogen) atoms. The minimum Gasteiger partial charge on any atom is -0.0842 e. The van der Waals surface area contributed by atoms with Gasteiger partial charge in [0.1, 0.15) is 0 Å². The molecule has 0 aliphatic heterocycles. The van der Waals surface area contributed by atoms with Crippen molar-refractivity contribution in [3.8, 4) is 0 Å². The molecule has 0 radical (unpaired) electrons. The van der Waals surface area contributed by atoms with Crippen molar-refractivity contribution in [3.63, 3.8) is 0 Å². The first-order valence-electron chi connectivity index (χ1n) is 10.1. The summed E-state index contributed by atoms with van der Waals surface area (Å²) >= 11 is 0. The van der Waals surface area contributed by atoms with Gasteiger partial charge in [0.25, 0.3) is 0 Å². The van der Waals surface area contributed by atoms with E-state index in [0.717, 1.165) is 30.1 Å². The molecule has 2 aliphatic rings. The molecule has 0 atom stereocenters. The molecule has 0 saturated heterocycles. The monoisotopic (exact) mass is 314 g/mol. The number of hydrogen-bond acceptors (Lipinski definition) is 0. The minimum absolute atomic E-state index is 0.810. The van der Waals surface area contributed by atoms with Crippen molar-refractivity contribution in [1.29, 1.82) is 0 Å². The van der Waals surface area contributed by atoms with Crippen LogP contribution < -0.4 is 0 Å². The van der Waals surface area contributed by atoms with Gasteiger partial charge in [-0.1, -0.05) is 56.6 Å². The van der Waals surface area contributed by atoms with E-state index < -0.39 is 0 Å². The van der Waals surface area contributed by atoms with Gasteiger partial charge in [0.2, 0.25) is 0 Å². The predicted octanol–water partition coefficient (Wildman–Crippen LogP) is 7.48. The van der Waals surface area contributed by atoms with Gasteiger partial charge >= 0.3 is 0 Å². The Bertz CT molecular complexity index is 421. The molecule has 0 aromatic carbocycles. The minimum atomic E-state index is 0.810. The van der Waals surface area contributed by atoms with Gasteiger partial charge in [-0.05, 0) is 88.0 Å². The summed E-state index contributed by atoms with van der Waals surface area (Å²) < 4.78 is 0. The second kappa shape index (κ2) is 9.50. The summed E-state index contributed by atoms with van der Waals surface area (Å²) in [5.74, 6) is 3.88. The molecule has 2 rings (SSSR count). The summed E-state index contributed by atoms with van der Waals surface area (Å²) in [6, 6.07) is 0. The van der Waals surface area contributed by atoms with E-state index >= 15 is 0 Å². The predicted molar refractivity (Wildman–Crippen MR) is 104 cm³/mol. The maximum atomic E-state index is 2.44. The Labute approximate surface area is 145 Å². The fourth-order valence-electron chi connectivity index (χ4n) is 4.77. The molecule has 0 amide bonds. The normalized spacial score (nSPS) is 34.1. The highest BCUT2D eigenvalue weighted by Gasteiger charge is 2.30. The van der Waals surface area contributed by atoms with Gasteiger partial charge in [-0.25, -0.2) is 0 Å². The van der Waals surface area contributed by atoms with Crippen LogP contribution in [0.25, 0.3) is 0 Å². The van der Waals surface area contributed by atoms with Crippen LogP contribution in [0.15, 0.2) is 35.5 Å². The molecule has 2 fully saturated rings. The maximum Gasteiger partial charge on any atom is -0.0165 e. The average Bonchev–Trinajstić information content (AvgIpc) is 2.57. The van der Waals surface area contributed by atoms with Crippen LogP contribution in [-0.2, 0) is 0 Å². The van der Waals surface area contributed by atoms with Crippen LogP contribution in [0.2, 0.25) is 0 Å². The molecule has 0 N–H and O–H groups in total. The van der Waals surface area contributed by atoms with Crippen LogP contribution >= 0.6 is 0 Å². The third-order valence-electron chi connectivity index (χ3n) is 6.37. The van der Waals surface area contributed by atoms with E-state index in [1.165, 1.54) is 56.9 Å². The van der Waals surface area contributed by atoms with Crippen LogP contribution in [0, 0.1) is 23.7 Å². The van der Waals surface area contributed by atoms with E-state index in [9.17, 15) is 0 Å². The lowest BCUT2D eigenvalue weighted by Gasteiger charge is -2.37. The van der Waals surface area contributed by atoms with Crippen molar-refractivity contribution in [2.24, 2.45) is 23.7 Å². The van der Waals surface area contributed by atoms with Crippen molar-refractivity contribution in [1.82, 2.24) is 0 Å². The van der Waals surface area contributed by atoms with Crippen LogP contribution in [0.5, 0.6) is 0 Å². The highest BCUT2D eigenvalue weighted by Crippen LogP contribution is 2.42. The molecule has 130 valence electrons. The topological polar surface area (TPSA) is 0 Å². The van der Waals surface area contributed by atoms with Gasteiger partial charge in [-0.2, -0.15) is 0 Å². The maximum absolute atomic E-state index is 2.44. The highest BCUT2D eigenvalue weighted by atomic mass is 14.4. The Morgan fingerprint density at radius 1 is 0.870 bits per heavy atom. The average molecular weight is 315 g/mol. The number of rotatable bonds is 5. The quantitative estimate of drug-likeness (QED) is 0.461. The Kier molecular flexibility index (Phi) is 7.66. The standard InChI is InChI=1S/C23H38/c1-5-7-18(3)8-11-20(6-2)21-14-16-23(17-15-21)22-12-9-19(4)10-13-22/h6-8,11,19,21-23H,5,9-10,12-17H2,1-4H3/b11-8-,18-7-,20-6+. The Morgan fingerprint density at radius 3 is 1.96 bits per heavy atom. The highest BCUT2D eigenvalue weighted by molar-refractivity contribution is 5.28. The molecule has 0 unspecified atom stereocenters. The van der Waals surface area contributed by atoms with E-state index in [2.05, 4.69) is 52.0 Å². The molecular formula is C23H38. The summed E-state index contributed by atoms with van der Waals surface area (Å²) in [5, 5.41) is 0. The zero-order chi connectivity index (χ0) is 16.7. The molecule has 0 heterocycles. The molecule has 0 aromatic rings. The summed E-state index contributed by atoms with van der Waals surface area (Å²) in [7, 11) is 0. The fourth-order valence-corrected chi connectivity index (χ4v) is 4.77. The van der Waals surface area contributed by atoms with Gasteiger partial charge in [0.05, 0.1) is 0 Å². The lowest BCUT2D eigenvalue weighted by molar-refractivity contribution is 0.159. The Balaban J connectivity index is 1.84. The number of hydrogen-bond donors (Lipinski definition) is 0. The van der Waals surface area contributed by atoms with Crippen LogP contribution in [0.4, 0.5) is 0 Å². The van der Waals surface area contributed by atoms with Crippen molar-refractivity contribution >= 4 is 0 Å². The SMILES string of the molecule is C\C=C(/C=C\C(C)=C/CC)C1CCC(C2CCC(C)CC2)CC1. The molecule has 0 spiro atoms. The van der Waals surface area contributed by atoms with Crippen LogP contribution in [0.1, 0.15) is 85.5 Å². The smallest absolute Gasteiger partial charge is 0.0165 e. The lowest BCUT2D eigenvalue weighted by atomic mass is 9.68. The second-order valence-corrected chi connectivity index (χ2v) is 8.11. The van der Waals surface area contributed by atoms with Gasteiger partial charge in [-0.3, -0.25) is 0 Å². The van der Waals surface area contributed by atoms with Crippen LogP contribution in [-0.4, -0.2) is 0 Å². The van der Waals surface area contributed by atoms with Crippen molar-refractivity contribution in [3.05, 3.63) is 35.5 Å². The lowest BCUT2D eigenvalue weighted by Crippen LogP contribution is -2.25. The summed E-state index contributed by atoms with van der Waals surface area (Å²) in [5.41, 5.74) is 2.97. The third-order valence-corrected chi connectivity index (χ3v) is 6.37. The fraction of sp³-hybridized carbons (Fsp3) is 0.739. The van der Waals surface area contributed by atoms with Gasteiger partial charge in [0, 0.05) is 0 Å². The summed E-state index contributed by atoms with van der Waals surface area (Å²) in [4.78, 5) is 0. The van der Waals surface area contributed by atoms with E-state index in [0.29, 0.717) is 0 Å². The molecule has 2 aliphatic carbocycles. The van der Waals surface area contributed by atoms with Gasteiger partial charge in [0.15, 0.2) is 0 Å². The van der Waals surface area contributed by atoms with Gasteiger partial charge < -0.3 is 0 Å². The van der Waals surface area contributed by atoms with E-state index in [1.54, 1.807) is 5.57 Å². The molecule has 0 bridgehead atoms. The third kappa shape index (κ3) is 5.66. The first-order chi connectivity index (χ1) is 11.1. The molecule has 0 aromatic heterocycles. The summed E-state index contributed by atoms with van der Waals surface area (Å²) in [6.45, 7) is 9.08. The molecule has 0 heteroatoms. The molecule has 2 saturated carbocycles. The van der Waals surface area contributed by atoms with Crippen molar-refractivity contribution in [2.75, 3.05) is 0 Å². The first kappa shape index (κ1) is 18.6. The Morgan fingerprint density at radius 2 is 1.43 bits per heavy atom. The van der Waals surface area contributed by atoms with Crippen molar-refractivity contribution in [2.45, 2.75) is 85.5 Å².